The topological polar surface area (TPSA) is 105 Å². The number of hydrogen-bond donors (Lipinski definition) is 1. The van der Waals surface area contributed by atoms with E-state index in [0.29, 0.717) is 28.5 Å². The van der Waals surface area contributed by atoms with Crippen LogP contribution in [0.1, 0.15) is 38.3 Å². The fourth-order valence-electron chi connectivity index (χ4n) is 4.57. The van der Waals surface area contributed by atoms with Gasteiger partial charge in [0.25, 0.3) is 0 Å². The minimum Gasteiger partial charge on any atom is -0.454 e. The predicted octanol–water partition coefficient (Wildman–Crippen LogP) is 4.78. The van der Waals surface area contributed by atoms with Gasteiger partial charge in [-0.05, 0) is 49.6 Å². The van der Waals surface area contributed by atoms with E-state index in [0.717, 1.165) is 9.87 Å². The SMILES string of the molecule is CC[C@H](C)NC(=O)[C@H](Cc1ccccc1)N(Cc1ccccc1Cl)C(=O)CN(c1ccc2c(c1)OCO2)S(=O)(=O)CC. The monoisotopic (exact) mass is 613 g/mol. The van der Waals surface area contributed by atoms with E-state index in [9.17, 15) is 18.0 Å². The van der Waals surface area contributed by atoms with Crippen LogP contribution in [0.5, 0.6) is 11.5 Å². The molecule has 0 aliphatic carbocycles. The average molecular weight is 614 g/mol. The number of ether oxygens (including phenoxy) is 2. The zero-order chi connectivity index (χ0) is 30.3. The van der Waals surface area contributed by atoms with Crippen molar-refractivity contribution in [2.75, 3.05) is 23.4 Å². The van der Waals surface area contributed by atoms with Crippen molar-refractivity contribution in [1.29, 1.82) is 0 Å². The highest BCUT2D eigenvalue weighted by molar-refractivity contribution is 7.92. The number of carbonyl (C=O) groups is 2. The third-order valence-electron chi connectivity index (χ3n) is 7.19. The zero-order valence-electron chi connectivity index (χ0n) is 24.0. The summed E-state index contributed by atoms with van der Waals surface area (Å²) in [5, 5.41) is 3.45. The van der Waals surface area contributed by atoms with Gasteiger partial charge < -0.3 is 19.7 Å². The Labute approximate surface area is 252 Å². The normalized spacial score (nSPS) is 13.7. The highest BCUT2D eigenvalue weighted by Gasteiger charge is 2.34. The number of hydrogen-bond acceptors (Lipinski definition) is 6. The number of fused-ring (bicyclic) bond motifs is 1. The van der Waals surface area contributed by atoms with Crippen molar-refractivity contribution >= 4 is 39.1 Å². The fourth-order valence-corrected chi connectivity index (χ4v) is 5.81. The molecule has 11 heteroatoms. The molecule has 2 atom stereocenters. The number of nitrogens with one attached hydrogen (secondary N) is 1. The third-order valence-corrected chi connectivity index (χ3v) is 9.30. The molecule has 224 valence electrons. The summed E-state index contributed by atoms with van der Waals surface area (Å²) in [5.41, 5.74) is 1.75. The lowest BCUT2D eigenvalue weighted by Gasteiger charge is -2.34. The molecule has 42 heavy (non-hydrogen) atoms. The average Bonchev–Trinajstić information content (AvgIpc) is 3.46. The Morgan fingerprint density at radius 3 is 2.36 bits per heavy atom. The van der Waals surface area contributed by atoms with Crippen LogP contribution in [0.25, 0.3) is 0 Å². The van der Waals surface area contributed by atoms with Crippen molar-refractivity contribution in [3.63, 3.8) is 0 Å². The Hall–Kier alpha value is -3.76. The van der Waals surface area contributed by atoms with E-state index in [4.69, 9.17) is 21.1 Å². The smallest absolute Gasteiger partial charge is 0.244 e. The lowest BCUT2D eigenvalue weighted by atomic mass is 10.0. The van der Waals surface area contributed by atoms with Gasteiger partial charge in [0.15, 0.2) is 11.5 Å². The number of nitrogens with zero attached hydrogens (tertiary/aromatic N) is 2. The molecule has 2 amide bonds. The van der Waals surface area contributed by atoms with Gasteiger partial charge in [0.1, 0.15) is 12.6 Å². The van der Waals surface area contributed by atoms with Crippen LogP contribution in [0.4, 0.5) is 5.69 Å². The minimum atomic E-state index is -3.91. The molecule has 1 N–H and O–H groups in total. The first kappa shape index (κ1) is 31.2. The summed E-state index contributed by atoms with van der Waals surface area (Å²) in [7, 11) is -3.91. The summed E-state index contributed by atoms with van der Waals surface area (Å²) in [6.07, 6.45) is 0.929. The van der Waals surface area contributed by atoms with Gasteiger partial charge in [-0.15, -0.1) is 0 Å². The number of sulfonamides is 1. The van der Waals surface area contributed by atoms with Crippen LogP contribution in [0.2, 0.25) is 5.02 Å². The number of anilines is 1. The molecule has 3 aromatic carbocycles. The lowest BCUT2D eigenvalue weighted by molar-refractivity contribution is -0.140. The molecule has 0 bridgehead atoms. The lowest BCUT2D eigenvalue weighted by Crippen LogP contribution is -2.54. The van der Waals surface area contributed by atoms with Crippen molar-refractivity contribution in [1.82, 2.24) is 10.2 Å². The van der Waals surface area contributed by atoms with Crippen LogP contribution in [-0.2, 0) is 32.6 Å². The van der Waals surface area contributed by atoms with Crippen LogP contribution in [-0.4, -0.2) is 56.3 Å². The highest BCUT2D eigenvalue weighted by atomic mass is 35.5. The van der Waals surface area contributed by atoms with Gasteiger partial charge in [-0.1, -0.05) is 67.1 Å². The fraction of sp³-hybridized carbons (Fsp3) is 0.355. The third kappa shape index (κ3) is 7.54. The van der Waals surface area contributed by atoms with Gasteiger partial charge in [0.2, 0.25) is 28.6 Å². The molecular formula is C31H36ClN3O6S. The van der Waals surface area contributed by atoms with E-state index < -0.39 is 28.5 Å². The largest absolute Gasteiger partial charge is 0.454 e. The number of amides is 2. The Balaban J connectivity index is 1.76. The van der Waals surface area contributed by atoms with Crippen LogP contribution >= 0.6 is 11.6 Å². The standard InChI is InChI=1S/C31H36ClN3O6S/c1-4-22(3)33-31(37)27(17-23-11-7-6-8-12-23)34(19-24-13-9-10-14-26(24)32)30(36)20-35(42(38,39)5-2)25-15-16-28-29(18-25)41-21-40-28/h6-16,18,22,27H,4-5,17,19-21H2,1-3H3,(H,33,37)/t22-,27-/m0/s1. The summed E-state index contributed by atoms with van der Waals surface area (Å²) in [6, 6.07) is 20.1. The molecule has 0 unspecified atom stereocenters. The van der Waals surface area contributed by atoms with E-state index in [-0.39, 0.29) is 43.1 Å². The van der Waals surface area contributed by atoms with Crippen LogP contribution < -0.4 is 19.1 Å². The van der Waals surface area contributed by atoms with E-state index in [1.807, 2.05) is 44.2 Å². The molecule has 0 spiro atoms. The highest BCUT2D eigenvalue weighted by Crippen LogP contribution is 2.36. The maximum absolute atomic E-state index is 14.3. The maximum Gasteiger partial charge on any atom is 0.244 e. The first-order valence-corrected chi connectivity index (χ1v) is 15.9. The molecule has 1 aliphatic rings. The molecule has 0 radical (unpaired) electrons. The summed E-state index contributed by atoms with van der Waals surface area (Å²) in [4.78, 5) is 29.5. The summed E-state index contributed by atoms with van der Waals surface area (Å²) < 4.78 is 38.6. The second-order valence-corrected chi connectivity index (χ2v) is 12.7. The first-order valence-electron chi connectivity index (χ1n) is 13.9. The zero-order valence-corrected chi connectivity index (χ0v) is 25.5. The van der Waals surface area contributed by atoms with Crippen molar-refractivity contribution in [2.24, 2.45) is 0 Å². The van der Waals surface area contributed by atoms with Crippen molar-refractivity contribution in [2.45, 2.75) is 52.2 Å². The van der Waals surface area contributed by atoms with E-state index >= 15 is 0 Å². The molecule has 0 fully saturated rings. The Morgan fingerprint density at radius 2 is 1.67 bits per heavy atom. The maximum atomic E-state index is 14.3. The molecule has 4 rings (SSSR count). The van der Waals surface area contributed by atoms with Gasteiger partial charge >= 0.3 is 0 Å². The molecule has 3 aromatic rings. The predicted molar refractivity (Wildman–Crippen MR) is 163 cm³/mol. The number of rotatable bonds is 13. The number of carbonyl (C=O) groups excluding carboxylic acids is 2. The molecular weight excluding hydrogens is 578 g/mol. The van der Waals surface area contributed by atoms with Crippen molar-refractivity contribution < 1.29 is 27.5 Å². The number of benzene rings is 3. The van der Waals surface area contributed by atoms with Gasteiger partial charge in [0.05, 0.1) is 11.4 Å². The Bertz CT molecular complexity index is 1500. The summed E-state index contributed by atoms with van der Waals surface area (Å²) in [6.45, 7) is 4.87. The van der Waals surface area contributed by atoms with E-state index in [2.05, 4.69) is 5.32 Å². The second-order valence-electron chi connectivity index (χ2n) is 10.1. The van der Waals surface area contributed by atoms with Crippen molar-refractivity contribution in [3.05, 3.63) is 88.9 Å². The molecule has 9 nitrogen and oxygen atoms in total. The molecule has 1 heterocycles. The first-order chi connectivity index (χ1) is 20.1. The van der Waals surface area contributed by atoms with Crippen molar-refractivity contribution in [3.8, 4) is 11.5 Å². The molecule has 0 saturated carbocycles. The summed E-state index contributed by atoms with van der Waals surface area (Å²) >= 11 is 6.50. The van der Waals surface area contributed by atoms with Gasteiger partial charge in [-0.25, -0.2) is 8.42 Å². The molecule has 1 aliphatic heterocycles. The van der Waals surface area contributed by atoms with E-state index in [1.165, 1.54) is 17.9 Å². The second kappa shape index (κ2) is 13.9. The minimum absolute atomic E-state index is 0.00504. The molecule has 0 aromatic heterocycles. The van der Waals surface area contributed by atoms with Gasteiger partial charge in [0, 0.05) is 30.1 Å². The summed E-state index contributed by atoms with van der Waals surface area (Å²) in [5.74, 6) is -0.240. The van der Waals surface area contributed by atoms with Crippen LogP contribution in [0.3, 0.4) is 0 Å². The quantitative estimate of drug-likeness (QED) is 0.298. The number of halogens is 1. The van der Waals surface area contributed by atoms with Crippen LogP contribution in [0.15, 0.2) is 72.8 Å². The van der Waals surface area contributed by atoms with Gasteiger partial charge in [-0.2, -0.15) is 0 Å². The van der Waals surface area contributed by atoms with E-state index in [1.54, 1.807) is 36.4 Å². The molecule has 0 saturated heterocycles. The Morgan fingerprint density at radius 1 is 0.976 bits per heavy atom. The Kier molecular flexibility index (Phi) is 10.3. The van der Waals surface area contributed by atoms with Gasteiger partial charge in [-0.3, -0.25) is 13.9 Å². The van der Waals surface area contributed by atoms with Crippen LogP contribution in [0, 0.1) is 0 Å².